The standard InChI is InChI=1S/C13H15N5O2/c1-9-14-13(17-16-9)15-11(19)8-18(2)12(20)10-6-4-3-5-7-10/h3-7H,8H2,1-2H3,(H2,14,15,16,17,19). The molecule has 0 aliphatic carbocycles. The Kier molecular flexibility index (Phi) is 4.09. The Bertz CT molecular complexity index is 608. The molecule has 0 saturated carbocycles. The lowest BCUT2D eigenvalue weighted by Crippen LogP contribution is -2.35. The quantitative estimate of drug-likeness (QED) is 0.863. The number of amides is 2. The zero-order valence-corrected chi connectivity index (χ0v) is 11.3. The topological polar surface area (TPSA) is 91.0 Å². The highest BCUT2D eigenvalue weighted by Gasteiger charge is 2.15. The average molecular weight is 273 g/mol. The van der Waals surface area contributed by atoms with E-state index in [0.717, 1.165) is 0 Å². The molecule has 0 bridgehead atoms. The van der Waals surface area contributed by atoms with Gasteiger partial charge in [-0.05, 0) is 19.1 Å². The van der Waals surface area contributed by atoms with Crippen molar-refractivity contribution in [1.82, 2.24) is 20.1 Å². The van der Waals surface area contributed by atoms with Gasteiger partial charge in [-0.15, -0.1) is 5.10 Å². The first-order chi connectivity index (χ1) is 9.56. The molecule has 0 atom stereocenters. The maximum Gasteiger partial charge on any atom is 0.254 e. The number of aromatic amines is 1. The van der Waals surface area contributed by atoms with Crippen molar-refractivity contribution < 1.29 is 9.59 Å². The largest absolute Gasteiger partial charge is 0.332 e. The second-order valence-electron chi connectivity index (χ2n) is 4.32. The van der Waals surface area contributed by atoms with Crippen LogP contribution in [0.4, 0.5) is 5.95 Å². The Morgan fingerprint density at radius 2 is 2.00 bits per heavy atom. The number of benzene rings is 1. The first-order valence-electron chi connectivity index (χ1n) is 6.05. The van der Waals surface area contributed by atoms with E-state index in [1.807, 2.05) is 6.07 Å². The summed E-state index contributed by atoms with van der Waals surface area (Å²) in [7, 11) is 1.57. The number of likely N-dealkylation sites (N-methyl/N-ethyl adjacent to an activating group) is 1. The van der Waals surface area contributed by atoms with E-state index in [1.165, 1.54) is 4.90 Å². The molecule has 7 heteroatoms. The first-order valence-corrected chi connectivity index (χ1v) is 6.05. The van der Waals surface area contributed by atoms with Gasteiger partial charge < -0.3 is 4.90 Å². The Morgan fingerprint density at radius 1 is 1.30 bits per heavy atom. The van der Waals surface area contributed by atoms with Gasteiger partial charge in [0.25, 0.3) is 5.91 Å². The number of nitrogens with zero attached hydrogens (tertiary/aromatic N) is 3. The van der Waals surface area contributed by atoms with Crippen molar-refractivity contribution in [2.24, 2.45) is 0 Å². The van der Waals surface area contributed by atoms with Crippen molar-refractivity contribution >= 4 is 17.8 Å². The number of nitrogens with one attached hydrogen (secondary N) is 2. The molecule has 0 fully saturated rings. The molecule has 20 heavy (non-hydrogen) atoms. The van der Waals surface area contributed by atoms with Gasteiger partial charge >= 0.3 is 0 Å². The predicted molar refractivity (Wildman–Crippen MR) is 73.2 cm³/mol. The van der Waals surface area contributed by atoms with Gasteiger partial charge in [0.1, 0.15) is 5.82 Å². The number of carbonyl (C=O) groups is 2. The van der Waals surface area contributed by atoms with E-state index in [1.54, 1.807) is 38.2 Å². The third-order valence-electron chi connectivity index (χ3n) is 2.60. The number of rotatable bonds is 4. The summed E-state index contributed by atoms with van der Waals surface area (Å²) in [6.45, 7) is 1.66. The fourth-order valence-corrected chi connectivity index (χ4v) is 1.65. The minimum absolute atomic E-state index is 0.0681. The molecule has 0 unspecified atom stereocenters. The molecule has 1 aromatic heterocycles. The second kappa shape index (κ2) is 5.96. The van der Waals surface area contributed by atoms with Gasteiger partial charge in [0.05, 0.1) is 6.54 Å². The van der Waals surface area contributed by atoms with E-state index in [4.69, 9.17) is 0 Å². The van der Waals surface area contributed by atoms with Crippen LogP contribution in [-0.4, -0.2) is 45.5 Å². The van der Waals surface area contributed by atoms with Crippen molar-refractivity contribution in [2.45, 2.75) is 6.92 Å². The van der Waals surface area contributed by atoms with Gasteiger partial charge in [0.2, 0.25) is 11.9 Å². The van der Waals surface area contributed by atoms with Crippen molar-refractivity contribution in [2.75, 3.05) is 18.9 Å². The Hall–Kier alpha value is -2.70. The van der Waals surface area contributed by atoms with Crippen LogP contribution >= 0.6 is 0 Å². The summed E-state index contributed by atoms with van der Waals surface area (Å²) in [4.78, 5) is 29.1. The van der Waals surface area contributed by atoms with Crippen LogP contribution in [0.3, 0.4) is 0 Å². The molecule has 1 aromatic carbocycles. The highest BCUT2D eigenvalue weighted by molar-refractivity contribution is 5.98. The molecule has 2 aromatic rings. The van der Waals surface area contributed by atoms with Crippen LogP contribution in [0.1, 0.15) is 16.2 Å². The van der Waals surface area contributed by atoms with Crippen molar-refractivity contribution in [3.63, 3.8) is 0 Å². The summed E-state index contributed by atoms with van der Waals surface area (Å²) in [5, 5.41) is 8.93. The maximum atomic E-state index is 12.0. The van der Waals surface area contributed by atoms with Crippen molar-refractivity contribution in [3.05, 3.63) is 41.7 Å². The number of anilines is 1. The SMILES string of the molecule is Cc1nc(NC(=O)CN(C)C(=O)c2ccccc2)n[nH]1. The van der Waals surface area contributed by atoms with Crippen LogP contribution in [0.2, 0.25) is 0 Å². The van der Waals surface area contributed by atoms with Gasteiger partial charge in [-0.25, -0.2) is 0 Å². The molecule has 0 spiro atoms. The van der Waals surface area contributed by atoms with Crippen molar-refractivity contribution in [3.8, 4) is 0 Å². The molecule has 2 N–H and O–H groups in total. The Morgan fingerprint density at radius 3 is 2.60 bits per heavy atom. The molecule has 0 radical (unpaired) electrons. The zero-order chi connectivity index (χ0) is 14.5. The number of aryl methyl sites for hydroxylation is 1. The third kappa shape index (κ3) is 3.41. The molecule has 7 nitrogen and oxygen atoms in total. The number of H-pyrrole nitrogens is 1. The molecule has 104 valence electrons. The lowest BCUT2D eigenvalue weighted by atomic mass is 10.2. The maximum absolute atomic E-state index is 12.0. The fraction of sp³-hybridized carbons (Fsp3) is 0.231. The average Bonchev–Trinajstić information content (AvgIpc) is 2.84. The van der Waals surface area contributed by atoms with Crippen LogP contribution < -0.4 is 5.32 Å². The molecule has 2 rings (SSSR count). The van der Waals surface area contributed by atoms with E-state index in [-0.39, 0.29) is 24.3 Å². The second-order valence-corrected chi connectivity index (χ2v) is 4.32. The smallest absolute Gasteiger partial charge is 0.254 e. The lowest BCUT2D eigenvalue weighted by molar-refractivity contribution is -0.116. The Balaban J connectivity index is 1.92. The fourth-order valence-electron chi connectivity index (χ4n) is 1.65. The van der Waals surface area contributed by atoms with E-state index in [2.05, 4.69) is 20.5 Å². The highest BCUT2D eigenvalue weighted by Crippen LogP contribution is 2.03. The van der Waals surface area contributed by atoms with Gasteiger partial charge in [-0.2, -0.15) is 4.98 Å². The molecule has 1 heterocycles. The van der Waals surface area contributed by atoms with Gasteiger partial charge in [0, 0.05) is 12.6 Å². The molecule has 0 aliphatic rings. The van der Waals surface area contributed by atoms with Gasteiger partial charge in [-0.3, -0.25) is 20.0 Å². The summed E-state index contributed by atoms with van der Waals surface area (Å²) in [6.07, 6.45) is 0. The summed E-state index contributed by atoms with van der Waals surface area (Å²) in [5.74, 6) is 0.241. The first kappa shape index (κ1) is 13.7. The highest BCUT2D eigenvalue weighted by atomic mass is 16.2. The number of carbonyl (C=O) groups excluding carboxylic acids is 2. The summed E-state index contributed by atoms with van der Waals surface area (Å²) in [5.41, 5.74) is 0.538. The molecule has 0 aliphatic heterocycles. The minimum atomic E-state index is -0.351. The van der Waals surface area contributed by atoms with Crippen LogP contribution in [-0.2, 0) is 4.79 Å². The summed E-state index contributed by atoms with van der Waals surface area (Å²) < 4.78 is 0. The van der Waals surface area contributed by atoms with Gasteiger partial charge in [-0.1, -0.05) is 18.2 Å². The number of hydrogen-bond donors (Lipinski definition) is 2. The van der Waals surface area contributed by atoms with Crippen LogP contribution in [0.5, 0.6) is 0 Å². The number of aromatic nitrogens is 3. The lowest BCUT2D eigenvalue weighted by Gasteiger charge is -2.16. The van der Waals surface area contributed by atoms with Crippen LogP contribution in [0.15, 0.2) is 30.3 Å². The third-order valence-corrected chi connectivity index (χ3v) is 2.60. The predicted octanol–water partition coefficient (Wildman–Crippen LogP) is 0.824. The van der Waals surface area contributed by atoms with Crippen LogP contribution in [0, 0.1) is 6.92 Å². The van der Waals surface area contributed by atoms with Crippen LogP contribution in [0.25, 0.3) is 0 Å². The zero-order valence-electron chi connectivity index (χ0n) is 11.3. The molecule has 0 saturated heterocycles. The van der Waals surface area contributed by atoms with Crippen molar-refractivity contribution in [1.29, 1.82) is 0 Å². The van der Waals surface area contributed by atoms with Gasteiger partial charge in [0.15, 0.2) is 0 Å². The Labute approximate surface area is 116 Å². The van der Waals surface area contributed by atoms with E-state index >= 15 is 0 Å². The minimum Gasteiger partial charge on any atom is -0.332 e. The summed E-state index contributed by atoms with van der Waals surface area (Å²) >= 11 is 0. The van der Waals surface area contributed by atoms with E-state index < -0.39 is 0 Å². The molecule has 2 amide bonds. The molecular weight excluding hydrogens is 258 g/mol. The van der Waals surface area contributed by atoms with E-state index in [9.17, 15) is 9.59 Å². The number of hydrogen-bond acceptors (Lipinski definition) is 4. The monoisotopic (exact) mass is 273 g/mol. The van der Waals surface area contributed by atoms with E-state index in [0.29, 0.717) is 11.4 Å². The summed E-state index contributed by atoms with van der Waals surface area (Å²) in [6, 6.07) is 8.79. The molecular formula is C13H15N5O2. The normalized spacial score (nSPS) is 10.1.